The summed E-state index contributed by atoms with van der Waals surface area (Å²) in [5, 5.41) is 19.5. The van der Waals surface area contributed by atoms with Gasteiger partial charge in [0.05, 0.1) is 13.2 Å². The minimum absolute atomic E-state index is 0.0709. The minimum atomic E-state index is -1.16. The van der Waals surface area contributed by atoms with Gasteiger partial charge in [-0.1, -0.05) is 118 Å². The first-order valence-electron chi connectivity index (χ1n) is 18.4. The molecule has 2 atom stereocenters. The van der Waals surface area contributed by atoms with Crippen LogP contribution in [0.1, 0.15) is 164 Å². The van der Waals surface area contributed by atoms with Gasteiger partial charge in [0.25, 0.3) is 0 Å². The Morgan fingerprint density at radius 1 is 0.522 bits per heavy atom. The van der Waals surface area contributed by atoms with Gasteiger partial charge in [0, 0.05) is 26.4 Å². The summed E-state index contributed by atoms with van der Waals surface area (Å²) in [7, 11) is 0. The zero-order valence-electron chi connectivity index (χ0n) is 29.6. The Hall–Kier alpha value is -2.32. The molecular formula is C38H66O8. The zero-order valence-corrected chi connectivity index (χ0v) is 29.6. The molecule has 0 saturated heterocycles. The van der Waals surface area contributed by atoms with Crippen LogP contribution in [0.5, 0.6) is 11.5 Å². The van der Waals surface area contributed by atoms with Crippen molar-refractivity contribution < 1.29 is 38.7 Å². The highest BCUT2D eigenvalue weighted by Crippen LogP contribution is 2.30. The van der Waals surface area contributed by atoms with E-state index in [4.69, 9.17) is 18.9 Å². The molecule has 0 radical (unpaired) electrons. The standard InChI is InChI=1S/C38H66O8/c1-5-31(3)29-43-23-19-15-11-7-9-13-17-21-25-45-35-27-34(38(41)42)36(28-33(35)37(39)40)46-26-22-18-14-10-8-12-16-20-24-44-30-32(4)6-2/h27-28,31-32H,5-26,29-30H2,1-4H3,(H,39,40)(H,41,42)/t31-,32-/m0/s1. The van der Waals surface area contributed by atoms with Gasteiger partial charge in [0.1, 0.15) is 22.6 Å². The van der Waals surface area contributed by atoms with E-state index in [0.717, 1.165) is 103 Å². The fourth-order valence-electron chi connectivity index (χ4n) is 5.04. The normalized spacial score (nSPS) is 12.6. The molecule has 0 amide bonds. The predicted octanol–water partition coefficient (Wildman–Crippen LogP) is 10.2. The van der Waals surface area contributed by atoms with Crippen LogP contribution in [0.15, 0.2) is 12.1 Å². The van der Waals surface area contributed by atoms with Crippen LogP contribution in [-0.2, 0) is 9.47 Å². The van der Waals surface area contributed by atoms with Gasteiger partial charge < -0.3 is 29.2 Å². The first-order chi connectivity index (χ1) is 22.3. The van der Waals surface area contributed by atoms with E-state index in [1.165, 1.54) is 50.7 Å². The highest BCUT2D eigenvalue weighted by molar-refractivity contribution is 5.97. The fraction of sp³-hybridized carbons (Fsp3) is 0.789. The second kappa shape index (κ2) is 27.8. The van der Waals surface area contributed by atoms with Crippen molar-refractivity contribution in [1.29, 1.82) is 0 Å². The zero-order chi connectivity index (χ0) is 33.8. The number of hydrogen-bond donors (Lipinski definition) is 2. The lowest BCUT2D eigenvalue weighted by atomic mass is 10.1. The number of aromatic carboxylic acids is 2. The van der Waals surface area contributed by atoms with Crippen LogP contribution < -0.4 is 9.47 Å². The molecule has 1 aromatic carbocycles. The van der Waals surface area contributed by atoms with Gasteiger partial charge in [-0.15, -0.1) is 0 Å². The molecule has 0 fully saturated rings. The van der Waals surface area contributed by atoms with Crippen LogP contribution in [0.25, 0.3) is 0 Å². The van der Waals surface area contributed by atoms with E-state index < -0.39 is 11.9 Å². The van der Waals surface area contributed by atoms with E-state index in [-0.39, 0.29) is 22.6 Å². The summed E-state index contributed by atoms with van der Waals surface area (Å²) in [4.78, 5) is 23.9. The van der Waals surface area contributed by atoms with Crippen molar-refractivity contribution in [1.82, 2.24) is 0 Å². The lowest BCUT2D eigenvalue weighted by Crippen LogP contribution is -2.10. The molecule has 0 spiro atoms. The maximum absolute atomic E-state index is 11.9. The molecule has 0 aliphatic rings. The largest absolute Gasteiger partial charge is 0.493 e. The van der Waals surface area contributed by atoms with E-state index in [0.29, 0.717) is 25.0 Å². The molecule has 0 aliphatic carbocycles. The van der Waals surface area contributed by atoms with Crippen molar-refractivity contribution in [2.45, 2.75) is 143 Å². The average molecular weight is 651 g/mol. The third-order valence-electron chi connectivity index (χ3n) is 8.62. The van der Waals surface area contributed by atoms with Crippen LogP contribution >= 0.6 is 0 Å². The molecule has 8 heteroatoms. The van der Waals surface area contributed by atoms with Gasteiger partial charge in [-0.2, -0.15) is 0 Å². The third kappa shape index (κ3) is 20.7. The third-order valence-corrected chi connectivity index (χ3v) is 8.62. The Kier molecular flexibility index (Phi) is 25.2. The number of rotatable bonds is 32. The van der Waals surface area contributed by atoms with Crippen molar-refractivity contribution in [3.05, 3.63) is 23.3 Å². The molecule has 1 aromatic rings. The maximum atomic E-state index is 11.9. The summed E-state index contributed by atoms with van der Waals surface area (Å²) in [6.07, 6.45) is 19.9. The van der Waals surface area contributed by atoms with E-state index in [1.807, 2.05) is 0 Å². The molecule has 0 aliphatic heterocycles. The quantitative estimate of drug-likeness (QED) is 0.0741. The first kappa shape index (κ1) is 41.7. The minimum Gasteiger partial charge on any atom is -0.493 e. The summed E-state index contributed by atoms with van der Waals surface area (Å²) in [5.41, 5.74) is -0.142. The second-order valence-corrected chi connectivity index (χ2v) is 13.0. The van der Waals surface area contributed by atoms with Crippen molar-refractivity contribution in [3.63, 3.8) is 0 Å². The van der Waals surface area contributed by atoms with Gasteiger partial charge in [-0.3, -0.25) is 0 Å². The molecule has 0 heterocycles. The van der Waals surface area contributed by atoms with E-state index in [9.17, 15) is 19.8 Å². The molecule has 2 N–H and O–H groups in total. The first-order valence-corrected chi connectivity index (χ1v) is 18.4. The summed E-state index contributed by atoms with van der Waals surface area (Å²) in [5.74, 6) is -0.894. The van der Waals surface area contributed by atoms with Crippen LogP contribution in [0.4, 0.5) is 0 Å². The number of hydrogen-bond acceptors (Lipinski definition) is 6. The number of ether oxygens (including phenoxy) is 4. The number of benzene rings is 1. The number of unbranched alkanes of at least 4 members (excludes halogenated alkanes) is 14. The van der Waals surface area contributed by atoms with Crippen LogP contribution in [0, 0.1) is 11.8 Å². The van der Waals surface area contributed by atoms with Crippen LogP contribution in [0.2, 0.25) is 0 Å². The number of carboxylic acid groups (broad SMARTS) is 2. The molecule has 266 valence electrons. The monoisotopic (exact) mass is 650 g/mol. The fourth-order valence-corrected chi connectivity index (χ4v) is 5.04. The number of carbonyl (C=O) groups is 2. The summed E-state index contributed by atoms with van der Waals surface area (Å²) >= 11 is 0. The molecule has 0 aromatic heterocycles. The summed E-state index contributed by atoms with van der Waals surface area (Å²) < 4.78 is 22.9. The summed E-state index contributed by atoms with van der Waals surface area (Å²) in [6.45, 7) is 12.9. The van der Waals surface area contributed by atoms with Gasteiger partial charge in [-0.25, -0.2) is 9.59 Å². The van der Waals surface area contributed by atoms with Crippen molar-refractivity contribution in [2.75, 3.05) is 39.6 Å². The lowest BCUT2D eigenvalue weighted by molar-refractivity contribution is 0.0672. The molecule has 46 heavy (non-hydrogen) atoms. The lowest BCUT2D eigenvalue weighted by Gasteiger charge is -2.14. The number of carboxylic acids is 2. The van der Waals surface area contributed by atoms with Crippen molar-refractivity contribution >= 4 is 11.9 Å². The Balaban J connectivity index is 2.26. The average Bonchev–Trinajstić information content (AvgIpc) is 3.04. The SMILES string of the molecule is CC[C@H](C)COCCCCCCCCCCOc1cc(C(=O)O)c(OCCCCCCCCCCOC[C@@H](C)CC)cc1C(=O)O. The van der Waals surface area contributed by atoms with Gasteiger partial charge in [0.15, 0.2) is 0 Å². The second-order valence-electron chi connectivity index (χ2n) is 13.0. The topological polar surface area (TPSA) is 112 Å². The molecule has 0 saturated carbocycles. The van der Waals surface area contributed by atoms with Crippen LogP contribution in [-0.4, -0.2) is 61.8 Å². The molecule has 0 unspecified atom stereocenters. The molecular weight excluding hydrogens is 584 g/mol. The van der Waals surface area contributed by atoms with E-state index in [1.54, 1.807) is 0 Å². The van der Waals surface area contributed by atoms with Gasteiger partial charge in [0.2, 0.25) is 0 Å². The molecule has 0 bridgehead atoms. The smallest absolute Gasteiger partial charge is 0.339 e. The van der Waals surface area contributed by atoms with Gasteiger partial charge in [-0.05, 0) is 49.7 Å². The van der Waals surface area contributed by atoms with Gasteiger partial charge >= 0.3 is 11.9 Å². The van der Waals surface area contributed by atoms with Crippen molar-refractivity contribution in [3.8, 4) is 11.5 Å². The summed E-state index contributed by atoms with van der Waals surface area (Å²) in [6, 6.07) is 2.59. The van der Waals surface area contributed by atoms with E-state index in [2.05, 4.69) is 27.7 Å². The Morgan fingerprint density at radius 2 is 0.804 bits per heavy atom. The maximum Gasteiger partial charge on any atom is 0.339 e. The predicted molar refractivity (Wildman–Crippen MR) is 186 cm³/mol. The highest BCUT2D eigenvalue weighted by Gasteiger charge is 2.21. The highest BCUT2D eigenvalue weighted by atomic mass is 16.5. The Morgan fingerprint density at radius 3 is 1.09 bits per heavy atom. The molecule has 8 nitrogen and oxygen atoms in total. The van der Waals surface area contributed by atoms with Crippen molar-refractivity contribution in [2.24, 2.45) is 11.8 Å². The van der Waals surface area contributed by atoms with Crippen LogP contribution in [0.3, 0.4) is 0 Å². The Labute approximate surface area is 279 Å². The molecule has 1 rings (SSSR count). The van der Waals surface area contributed by atoms with E-state index >= 15 is 0 Å². The Bertz CT molecular complexity index is 844.